The summed E-state index contributed by atoms with van der Waals surface area (Å²) in [5.41, 5.74) is 2.13. The molecule has 0 spiro atoms. The topological polar surface area (TPSA) is 12.0 Å². The first-order valence-electron chi connectivity index (χ1n) is 6.14. The second-order valence-electron chi connectivity index (χ2n) is 4.67. The van der Waals surface area contributed by atoms with E-state index in [1.54, 1.807) is 18.2 Å². The third kappa shape index (κ3) is 2.37. The van der Waals surface area contributed by atoms with Crippen LogP contribution in [0.2, 0.25) is 0 Å². The summed E-state index contributed by atoms with van der Waals surface area (Å²) in [7, 11) is 0. The molecule has 0 aliphatic heterocycles. The smallest absolute Gasteiger partial charge is 0.147 e. The van der Waals surface area contributed by atoms with E-state index in [1.807, 2.05) is 6.07 Å². The summed E-state index contributed by atoms with van der Waals surface area (Å²) in [6.45, 7) is 0. The van der Waals surface area contributed by atoms with Gasteiger partial charge in [0.05, 0.1) is 11.7 Å². The normalized spacial score (nSPS) is 17.3. The molecule has 0 heterocycles. The molecular weight excluding hydrogens is 312 g/mol. The second kappa shape index (κ2) is 4.93. The fourth-order valence-corrected chi connectivity index (χ4v) is 2.89. The molecule has 0 aromatic heterocycles. The molecule has 2 aromatic carbocycles. The molecule has 2 aromatic rings. The summed E-state index contributed by atoms with van der Waals surface area (Å²) in [4.78, 5) is 0. The van der Waals surface area contributed by atoms with E-state index in [9.17, 15) is 8.78 Å². The minimum Gasteiger partial charge on any atom is -0.376 e. The SMILES string of the molecule is Fc1cc(Br)ccc1NC1CCc2c(F)cccc21. The van der Waals surface area contributed by atoms with Crippen molar-refractivity contribution < 1.29 is 8.78 Å². The van der Waals surface area contributed by atoms with Crippen molar-refractivity contribution in [3.63, 3.8) is 0 Å². The van der Waals surface area contributed by atoms with Crippen LogP contribution < -0.4 is 5.32 Å². The molecule has 0 fully saturated rings. The standard InChI is InChI=1S/C15H12BrF2N/c16-9-4-6-15(13(18)8-9)19-14-7-5-10-11(14)2-1-3-12(10)17/h1-4,6,8,14,19H,5,7H2. The molecule has 0 radical (unpaired) electrons. The van der Waals surface area contributed by atoms with Crippen molar-refractivity contribution in [2.24, 2.45) is 0 Å². The molecule has 3 rings (SSSR count). The van der Waals surface area contributed by atoms with Gasteiger partial charge in [0.2, 0.25) is 0 Å². The molecule has 1 nitrogen and oxygen atoms in total. The van der Waals surface area contributed by atoms with Crippen LogP contribution in [0, 0.1) is 11.6 Å². The molecule has 1 N–H and O–H groups in total. The summed E-state index contributed by atoms with van der Waals surface area (Å²) in [6.07, 6.45) is 1.48. The lowest BCUT2D eigenvalue weighted by Gasteiger charge is -2.16. The Hall–Kier alpha value is -1.42. The van der Waals surface area contributed by atoms with Crippen LogP contribution in [-0.2, 0) is 6.42 Å². The Labute approximate surface area is 118 Å². The summed E-state index contributed by atoms with van der Waals surface area (Å²) >= 11 is 3.23. The Morgan fingerprint density at radius 1 is 1.11 bits per heavy atom. The minimum atomic E-state index is -0.306. The van der Waals surface area contributed by atoms with Crippen LogP contribution in [0.5, 0.6) is 0 Å². The molecule has 98 valence electrons. The molecule has 0 saturated carbocycles. The zero-order valence-corrected chi connectivity index (χ0v) is 11.7. The summed E-state index contributed by atoms with van der Waals surface area (Å²) in [5, 5.41) is 3.16. The zero-order valence-electron chi connectivity index (χ0n) is 10.1. The molecule has 0 saturated heterocycles. The third-order valence-corrected chi connectivity index (χ3v) is 3.97. The second-order valence-corrected chi connectivity index (χ2v) is 5.58. The van der Waals surface area contributed by atoms with E-state index in [-0.39, 0.29) is 17.7 Å². The molecule has 19 heavy (non-hydrogen) atoms. The van der Waals surface area contributed by atoms with Gasteiger partial charge in [0, 0.05) is 4.47 Å². The van der Waals surface area contributed by atoms with E-state index in [4.69, 9.17) is 0 Å². The van der Waals surface area contributed by atoms with Gasteiger partial charge >= 0.3 is 0 Å². The first-order valence-corrected chi connectivity index (χ1v) is 6.93. The maximum absolute atomic E-state index is 13.8. The molecule has 1 unspecified atom stereocenters. The highest BCUT2D eigenvalue weighted by Crippen LogP contribution is 2.35. The van der Waals surface area contributed by atoms with Gasteiger partial charge in [-0.25, -0.2) is 8.78 Å². The summed E-state index contributed by atoms with van der Waals surface area (Å²) in [6, 6.07) is 9.95. The summed E-state index contributed by atoms with van der Waals surface area (Å²) in [5.74, 6) is -0.475. The monoisotopic (exact) mass is 323 g/mol. The predicted molar refractivity (Wildman–Crippen MR) is 75.2 cm³/mol. The lowest BCUT2D eigenvalue weighted by molar-refractivity contribution is 0.612. The first kappa shape index (κ1) is 12.6. The van der Waals surface area contributed by atoms with Gasteiger partial charge in [-0.2, -0.15) is 0 Å². The van der Waals surface area contributed by atoms with Crippen LogP contribution in [-0.4, -0.2) is 0 Å². The number of hydrogen-bond acceptors (Lipinski definition) is 1. The lowest BCUT2D eigenvalue weighted by Crippen LogP contribution is -2.08. The number of benzene rings is 2. The zero-order chi connectivity index (χ0) is 13.4. The van der Waals surface area contributed by atoms with E-state index in [2.05, 4.69) is 21.2 Å². The fourth-order valence-electron chi connectivity index (χ4n) is 2.55. The van der Waals surface area contributed by atoms with E-state index < -0.39 is 0 Å². The van der Waals surface area contributed by atoms with Crippen LogP contribution in [0.15, 0.2) is 40.9 Å². The highest BCUT2D eigenvalue weighted by Gasteiger charge is 2.25. The Morgan fingerprint density at radius 3 is 2.74 bits per heavy atom. The predicted octanol–water partition coefficient (Wildman–Crippen LogP) is 4.83. The molecule has 4 heteroatoms. The number of halogens is 3. The van der Waals surface area contributed by atoms with Gasteiger partial charge in [-0.3, -0.25) is 0 Å². The maximum Gasteiger partial charge on any atom is 0.147 e. The van der Waals surface area contributed by atoms with E-state index >= 15 is 0 Å². The Bertz CT molecular complexity index is 628. The largest absolute Gasteiger partial charge is 0.376 e. The number of fused-ring (bicyclic) bond motifs is 1. The Morgan fingerprint density at radius 2 is 1.95 bits per heavy atom. The van der Waals surface area contributed by atoms with Crippen LogP contribution in [0.4, 0.5) is 14.5 Å². The van der Waals surface area contributed by atoms with Crippen molar-refractivity contribution in [3.05, 3.63) is 63.6 Å². The van der Waals surface area contributed by atoms with Crippen molar-refractivity contribution >= 4 is 21.6 Å². The Balaban J connectivity index is 1.89. The van der Waals surface area contributed by atoms with E-state index in [1.165, 1.54) is 12.1 Å². The highest BCUT2D eigenvalue weighted by atomic mass is 79.9. The van der Waals surface area contributed by atoms with E-state index in [0.717, 1.165) is 17.5 Å². The molecule has 0 amide bonds. The third-order valence-electron chi connectivity index (χ3n) is 3.47. The van der Waals surface area contributed by atoms with Crippen LogP contribution in [0.25, 0.3) is 0 Å². The Kier molecular flexibility index (Phi) is 3.27. The molecule has 1 aliphatic rings. The van der Waals surface area contributed by atoms with Gasteiger partial charge in [-0.05, 0) is 48.2 Å². The van der Waals surface area contributed by atoms with E-state index in [0.29, 0.717) is 16.6 Å². The van der Waals surface area contributed by atoms with Crippen molar-refractivity contribution in [2.75, 3.05) is 5.32 Å². The molecular formula is C15H12BrF2N. The van der Waals surface area contributed by atoms with Gasteiger partial charge in [-0.1, -0.05) is 28.1 Å². The summed E-state index contributed by atoms with van der Waals surface area (Å²) < 4.78 is 28.1. The van der Waals surface area contributed by atoms with Gasteiger partial charge in [0.15, 0.2) is 0 Å². The van der Waals surface area contributed by atoms with Crippen molar-refractivity contribution in [1.29, 1.82) is 0 Å². The number of anilines is 1. The molecule has 1 atom stereocenters. The van der Waals surface area contributed by atoms with Crippen molar-refractivity contribution in [3.8, 4) is 0 Å². The molecule has 0 bridgehead atoms. The van der Waals surface area contributed by atoms with Crippen molar-refractivity contribution in [1.82, 2.24) is 0 Å². The highest BCUT2D eigenvalue weighted by molar-refractivity contribution is 9.10. The average Bonchev–Trinajstić information content (AvgIpc) is 2.78. The van der Waals surface area contributed by atoms with Gasteiger partial charge < -0.3 is 5.32 Å². The molecule has 1 aliphatic carbocycles. The number of rotatable bonds is 2. The van der Waals surface area contributed by atoms with Gasteiger partial charge in [0.25, 0.3) is 0 Å². The fraction of sp³-hybridized carbons (Fsp3) is 0.200. The first-order chi connectivity index (χ1) is 9.15. The van der Waals surface area contributed by atoms with Gasteiger partial charge in [0.1, 0.15) is 11.6 Å². The van der Waals surface area contributed by atoms with Gasteiger partial charge in [-0.15, -0.1) is 0 Å². The quantitative estimate of drug-likeness (QED) is 0.834. The van der Waals surface area contributed by atoms with Crippen molar-refractivity contribution in [2.45, 2.75) is 18.9 Å². The van der Waals surface area contributed by atoms with Crippen LogP contribution in [0.3, 0.4) is 0 Å². The maximum atomic E-state index is 13.8. The van der Waals surface area contributed by atoms with Crippen LogP contribution in [0.1, 0.15) is 23.6 Å². The minimum absolute atomic E-state index is 0.0265. The average molecular weight is 324 g/mol. The lowest BCUT2D eigenvalue weighted by atomic mass is 10.1. The number of hydrogen-bond donors (Lipinski definition) is 1. The number of nitrogens with one attached hydrogen (secondary N) is 1. The van der Waals surface area contributed by atoms with Crippen LogP contribution >= 0.6 is 15.9 Å².